The third-order valence-corrected chi connectivity index (χ3v) is 5.98. The van der Waals surface area contributed by atoms with E-state index in [0.29, 0.717) is 17.6 Å². The molecule has 6 nitrogen and oxygen atoms in total. The smallest absolute Gasteiger partial charge is 0.311 e. The van der Waals surface area contributed by atoms with Crippen LogP contribution in [0.25, 0.3) is 0 Å². The number of carbonyl (C=O) groups is 2. The molecular weight excluding hydrogens is 336 g/mol. The summed E-state index contributed by atoms with van der Waals surface area (Å²) >= 11 is 0. The van der Waals surface area contributed by atoms with Gasteiger partial charge in [-0.25, -0.2) is 0 Å². The zero-order valence-corrected chi connectivity index (χ0v) is 16.5. The first-order valence-electron chi connectivity index (χ1n) is 7.75. The van der Waals surface area contributed by atoms with Gasteiger partial charge in [-0.1, -0.05) is 28.5 Å². The van der Waals surface area contributed by atoms with Crippen molar-refractivity contribution in [1.29, 1.82) is 0 Å². The highest BCUT2D eigenvalue weighted by Gasteiger charge is 2.23. The van der Waals surface area contributed by atoms with Gasteiger partial charge in [0, 0.05) is 18.8 Å². The summed E-state index contributed by atoms with van der Waals surface area (Å²) in [5.74, 6) is -0.239. The highest BCUT2D eigenvalue weighted by Crippen LogP contribution is 2.22. The molecule has 0 aromatic carbocycles. The number of quaternary nitrogens is 1. The van der Waals surface area contributed by atoms with Gasteiger partial charge < -0.3 is 19.6 Å². The Labute approximate surface area is 147 Å². The Morgan fingerprint density at radius 1 is 1.04 bits per heavy atom. The zero-order chi connectivity index (χ0) is 18.0. The van der Waals surface area contributed by atoms with Crippen molar-refractivity contribution in [2.45, 2.75) is 13.8 Å². The molecule has 0 aliphatic rings. The maximum atomic E-state index is 10.9. The lowest BCUT2D eigenvalue weighted by molar-refractivity contribution is -0.890. The maximum Gasteiger partial charge on any atom is 0.311 e. The van der Waals surface area contributed by atoms with Crippen molar-refractivity contribution in [2.75, 3.05) is 58.8 Å². The van der Waals surface area contributed by atoms with Crippen LogP contribution in [0.3, 0.4) is 0 Å². The zero-order valence-electron chi connectivity index (χ0n) is 14.8. The van der Waals surface area contributed by atoms with E-state index in [9.17, 15) is 9.59 Å². The summed E-state index contributed by atoms with van der Waals surface area (Å²) in [6.45, 7) is 6.47. The molecule has 2 unspecified atom stereocenters. The predicted octanol–water partition coefficient (Wildman–Crippen LogP) is 1.82. The van der Waals surface area contributed by atoms with Gasteiger partial charge in [-0.05, 0) is 14.0 Å². The molecule has 2 N–H and O–H groups in total. The minimum Gasteiger partial charge on any atom is -0.481 e. The van der Waals surface area contributed by atoms with Gasteiger partial charge in [0.05, 0.1) is 38.9 Å². The SMILES string of the molecule is CC(CN(C)CCSSCC[N+](C)(C)CC(C)C(=O)O)C(=O)O. The average molecular weight is 368 g/mol. The van der Waals surface area contributed by atoms with E-state index in [1.807, 2.05) is 11.9 Å². The molecule has 0 heterocycles. The van der Waals surface area contributed by atoms with E-state index >= 15 is 0 Å². The Balaban J connectivity index is 3.76. The van der Waals surface area contributed by atoms with Crippen LogP contribution in [0.15, 0.2) is 0 Å². The van der Waals surface area contributed by atoms with Crippen LogP contribution < -0.4 is 0 Å². The van der Waals surface area contributed by atoms with E-state index in [0.717, 1.165) is 24.6 Å². The molecule has 0 rings (SSSR count). The Morgan fingerprint density at radius 2 is 1.57 bits per heavy atom. The second-order valence-electron chi connectivity index (χ2n) is 6.73. The lowest BCUT2D eigenvalue weighted by atomic mass is 10.1. The second kappa shape index (κ2) is 11.2. The van der Waals surface area contributed by atoms with Gasteiger partial charge in [0.2, 0.25) is 0 Å². The number of aliphatic carboxylic acids is 2. The molecule has 0 saturated carbocycles. The molecule has 0 amide bonds. The maximum absolute atomic E-state index is 10.9. The van der Waals surface area contributed by atoms with Crippen molar-refractivity contribution in [3.05, 3.63) is 0 Å². The fourth-order valence-electron chi connectivity index (χ4n) is 2.14. The van der Waals surface area contributed by atoms with Crippen molar-refractivity contribution in [3.63, 3.8) is 0 Å². The lowest BCUT2D eigenvalue weighted by Gasteiger charge is -2.31. The molecule has 136 valence electrons. The summed E-state index contributed by atoms with van der Waals surface area (Å²) in [7, 11) is 9.64. The average Bonchev–Trinajstić information content (AvgIpc) is 2.41. The number of hydrogen-bond donors (Lipinski definition) is 2. The van der Waals surface area contributed by atoms with Gasteiger partial charge in [0.15, 0.2) is 0 Å². The van der Waals surface area contributed by atoms with Crippen molar-refractivity contribution in [3.8, 4) is 0 Å². The second-order valence-corrected chi connectivity index (χ2v) is 9.43. The van der Waals surface area contributed by atoms with Crippen LogP contribution in [-0.2, 0) is 9.59 Å². The molecular formula is C15H31N2O4S2+. The third-order valence-electron chi connectivity index (χ3n) is 3.62. The molecule has 0 saturated heterocycles. The van der Waals surface area contributed by atoms with Crippen molar-refractivity contribution in [1.82, 2.24) is 4.90 Å². The van der Waals surface area contributed by atoms with E-state index in [1.54, 1.807) is 35.4 Å². The molecule has 0 spiro atoms. The minimum atomic E-state index is -0.755. The Kier molecular flexibility index (Phi) is 11.0. The highest BCUT2D eigenvalue weighted by molar-refractivity contribution is 8.76. The summed E-state index contributed by atoms with van der Waals surface area (Å²) < 4.78 is 0.705. The summed E-state index contributed by atoms with van der Waals surface area (Å²) in [4.78, 5) is 23.7. The monoisotopic (exact) mass is 367 g/mol. The van der Waals surface area contributed by atoms with E-state index in [1.165, 1.54) is 0 Å². The summed E-state index contributed by atoms with van der Waals surface area (Å²) in [6, 6.07) is 0. The molecule has 2 atom stereocenters. The number of carboxylic acid groups (broad SMARTS) is 2. The minimum absolute atomic E-state index is 0.326. The van der Waals surface area contributed by atoms with Crippen molar-refractivity contribution < 1.29 is 24.3 Å². The number of hydrogen-bond acceptors (Lipinski definition) is 5. The first kappa shape index (κ1) is 22.6. The summed E-state index contributed by atoms with van der Waals surface area (Å²) in [6.07, 6.45) is 0. The summed E-state index contributed by atoms with van der Waals surface area (Å²) in [5.41, 5.74) is 0. The normalized spacial score (nSPS) is 14.7. The quantitative estimate of drug-likeness (QED) is 0.292. The fraction of sp³-hybridized carbons (Fsp3) is 0.867. The molecule has 0 aromatic rings. The van der Waals surface area contributed by atoms with Gasteiger partial charge >= 0.3 is 11.9 Å². The first-order valence-corrected chi connectivity index (χ1v) is 10.2. The molecule has 0 bridgehead atoms. The van der Waals surface area contributed by atoms with Gasteiger partial charge in [-0.3, -0.25) is 9.59 Å². The van der Waals surface area contributed by atoms with Gasteiger partial charge in [0.1, 0.15) is 5.92 Å². The van der Waals surface area contributed by atoms with Crippen LogP contribution in [-0.4, -0.2) is 90.4 Å². The van der Waals surface area contributed by atoms with Crippen LogP contribution in [0.5, 0.6) is 0 Å². The van der Waals surface area contributed by atoms with Crippen molar-refractivity contribution >= 4 is 33.5 Å². The number of carboxylic acids is 2. The largest absolute Gasteiger partial charge is 0.481 e. The molecule has 0 aliphatic carbocycles. The van der Waals surface area contributed by atoms with E-state index in [-0.39, 0.29) is 11.8 Å². The Hall–Kier alpha value is -0.440. The van der Waals surface area contributed by atoms with Crippen LogP contribution in [0.2, 0.25) is 0 Å². The van der Waals surface area contributed by atoms with E-state index in [4.69, 9.17) is 10.2 Å². The van der Waals surface area contributed by atoms with Gasteiger partial charge in [0.25, 0.3) is 0 Å². The third kappa shape index (κ3) is 11.7. The lowest BCUT2D eigenvalue weighted by Crippen LogP contribution is -2.46. The molecule has 0 radical (unpaired) electrons. The standard InChI is InChI=1S/C15H30N2O4S2/c1-12(14(18)19)10-16(3)6-8-22-23-9-7-17(4,5)11-13(2)15(20)21/h12-13H,6-11H2,1-5H3,(H-,18,19,20,21)/p+1. The van der Waals surface area contributed by atoms with Crippen molar-refractivity contribution in [2.24, 2.45) is 11.8 Å². The Bertz CT molecular complexity index is 380. The number of nitrogens with zero attached hydrogens (tertiary/aromatic N) is 2. The first-order chi connectivity index (χ1) is 10.5. The van der Waals surface area contributed by atoms with E-state index in [2.05, 4.69) is 14.1 Å². The van der Waals surface area contributed by atoms with Gasteiger partial charge in [-0.2, -0.15) is 0 Å². The molecule has 23 heavy (non-hydrogen) atoms. The molecule has 0 aromatic heterocycles. The number of rotatable bonds is 13. The summed E-state index contributed by atoms with van der Waals surface area (Å²) in [5, 5.41) is 17.8. The van der Waals surface area contributed by atoms with Crippen LogP contribution >= 0.6 is 21.6 Å². The van der Waals surface area contributed by atoms with E-state index < -0.39 is 11.9 Å². The molecule has 0 fully saturated rings. The molecule has 8 heteroatoms. The Morgan fingerprint density at radius 3 is 2.09 bits per heavy atom. The predicted molar refractivity (Wildman–Crippen MR) is 97.9 cm³/mol. The van der Waals surface area contributed by atoms with Crippen LogP contribution in [0.1, 0.15) is 13.8 Å². The topological polar surface area (TPSA) is 77.8 Å². The fourth-order valence-corrected chi connectivity index (χ4v) is 4.49. The highest BCUT2D eigenvalue weighted by atomic mass is 33.1. The van der Waals surface area contributed by atoms with Crippen LogP contribution in [0, 0.1) is 11.8 Å². The molecule has 0 aliphatic heterocycles. The van der Waals surface area contributed by atoms with Gasteiger partial charge in [-0.15, -0.1) is 0 Å². The van der Waals surface area contributed by atoms with Crippen LogP contribution in [0.4, 0.5) is 0 Å².